The van der Waals surface area contributed by atoms with Crippen molar-refractivity contribution in [3.05, 3.63) is 35.3 Å². The molecule has 0 saturated heterocycles. The summed E-state index contributed by atoms with van der Waals surface area (Å²) in [6.45, 7) is 2.78. The Balaban J connectivity index is 1.91. The number of halogens is 1. The van der Waals surface area contributed by atoms with Gasteiger partial charge in [0.25, 0.3) is 0 Å². The molecule has 0 bridgehead atoms. The van der Waals surface area contributed by atoms with Gasteiger partial charge in [0.2, 0.25) is 0 Å². The quantitative estimate of drug-likeness (QED) is 0.814. The predicted octanol–water partition coefficient (Wildman–Crippen LogP) is 2.87. The van der Waals surface area contributed by atoms with E-state index in [-0.39, 0.29) is 5.82 Å². The average molecular weight is 218 g/mol. The Morgan fingerprint density at radius 3 is 2.94 bits per heavy atom. The van der Waals surface area contributed by atoms with Gasteiger partial charge in [-0.05, 0) is 43.5 Å². The van der Waals surface area contributed by atoms with Crippen molar-refractivity contribution in [2.24, 2.45) is 0 Å². The zero-order chi connectivity index (χ0) is 11.1. The van der Waals surface area contributed by atoms with E-state index in [0.717, 1.165) is 28.7 Å². The van der Waals surface area contributed by atoms with Gasteiger partial charge < -0.3 is 10.3 Å². The van der Waals surface area contributed by atoms with E-state index in [4.69, 9.17) is 0 Å². The largest absolute Gasteiger partial charge is 0.357 e. The molecule has 2 nitrogen and oxygen atoms in total. The van der Waals surface area contributed by atoms with Gasteiger partial charge in [-0.15, -0.1) is 0 Å². The molecule has 1 aliphatic carbocycles. The van der Waals surface area contributed by atoms with Gasteiger partial charge in [-0.1, -0.05) is 0 Å². The highest BCUT2D eigenvalue weighted by molar-refractivity contribution is 5.83. The van der Waals surface area contributed by atoms with Crippen LogP contribution in [-0.4, -0.2) is 11.0 Å². The Hall–Kier alpha value is -1.35. The van der Waals surface area contributed by atoms with E-state index in [2.05, 4.69) is 10.3 Å². The zero-order valence-electron chi connectivity index (χ0n) is 9.31. The van der Waals surface area contributed by atoms with Crippen LogP contribution in [0.25, 0.3) is 10.9 Å². The van der Waals surface area contributed by atoms with Gasteiger partial charge in [0.1, 0.15) is 5.82 Å². The van der Waals surface area contributed by atoms with E-state index >= 15 is 0 Å². The number of H-pyrrole nitrogens is 1. The molecule has 0 atom stereocenters. The van der Waals surface area contributed by atoms with Crippen molar-refractivity contribution in [3.8, 4) is 0 Å². The van der Waals surface area contributed by atoms with Crippen LogP contribution in [0.4, 0.5) is 4.39 Å². The molecule has 84 valence electrons. The second-order valence-corrected chi connectivity index (χ2v) is 4.64. The molecule has 0 unspecified atom stereocenters. The lowest BCUT2D eigenvalue weighted by Crippen LogP contribution is -2.15. The van der Waals surface area contributed by atoms with E-state index in [1.807, 2.05) is 13.0 Å². The van der Waals surface area contributed by atoms with Crippen molar-refractivity contribution in [3.63, 3.8) is 0 Å². The molecule has 1 aromatic carbocycles. The Labute approximate surface area is 93.9 Å². The van der Waals surface area contributed by atoms with Crippen LogP contribution in [0.5, 0.6) is 0 Å². The second kappa shape index (κ2) is 3.59. The Bertz CT molecular complexity index is 526. The number of rotatable bonds is 3. The summed E-state index contributed by atoms with van der Waals surface area (Å²) in [4.78, 5) is 3.35. The van der Waals surface area contributed by atoms with Crippen LogP contribution in [-0.2, 0) is 6.54 Å². The van der Waals surface area contributed by atoms with Gasteiger partial charge in [0.15, 0.2) is 0 Å². The fraction of sp³-hybridized carbons (Fsp3) is 0.385. The van der Waals surface area contributed by atoms with Gasteiger partial charge in [0, 0.05) is 29.2 Å². The van der Waals surface area contributed by atoms with Crippen LogP contribution in [0.15, 0.2) is 18.2 Å². The molecule has 2 aromatic rings. The summed E-state index contributed by atoms with van der Waals surface area (Å²) < 4.78 is 13.2. The van der Waals surface area contributed by atoms with E-state index in [0.29, 0.717) is 6.04 Å². The summed E-state index contributed by atoms with van der Waals surface area (Å²) in [7, 11) is 0. The van der Waals surface area contributed by atoms with E-state index in [1.165, 1.54) is 12.8 Å². The van der Waals surface area contributed by atoms with Crippen molar-refractivity contribution in [2.45, 2.75) is 32.4 Å². The number of hydrogen-bond acceptors (Lipinski definition) is 1. The fourth-order valence-corrected chi connectivity index (χ4v) is 2.07. The third-order valence-corrected chi connectivity index (χ3v) is 3.10. The maximum absolute atomic E-state index is 13.2. The topological polar surface area (TPSA) is 27.8 Å². The lowest BCUT2D eigenvalue weighted by molar-refractivity contribution is 0.628. The molecule has 3 heteroatoms. The molecular formula is C13H15FN2. The first-order valence-electron chi connectivity index (χ1n) is 5.73. The fourth-order valence-electron chi connectivity index (χ4n) is 2.07. The molecule has 0 amide bonds. The highest BCUT2D eigenvalue weighted by atomic mass is 19.1. The van der Waals surface area contributed by atoms with Gasteiger partial charge >= 0.3 is 0 Å². The smallest absolute Gasteiger partial charge is 0.124 e. The van der Waals surface area contributed by atoms with E-state index in [9.17, 15) is 4.39 Å². The van der Waals surface area contributed by atoms with Crippen LogP contribution in [0.3, 0.4) is 0 Å². The molecule has 0 radical (unpaired) electrons. The SMILES string of the molecule is Cc1cc(F)cc2cc(CNC3CC3)[nH]c12. The van der Waals surface area contributed by atoms with Gasteiger partial charge in [-0.25, -0.2) is 4.39 Å². The number of nitrogens with one attached hydrogen (secondary N) is 2. The summed E-state index contributed by atoms with van der Waals surface area (Å²) in [5.41, 5.74) is 3.15. The molecule has 2 N–H and O–H groups in total. The number of benzene rings is 1. The third kappa shape index (κ3) is 1.83. The van der Waals surface area contributed by atoms with Crippen LogP contribution < -0.4 is 5.32 Å². The molecule has 1 heterocycles. The number of aryl methyl sites for hydroxylation is 1. The third-order valence-electron chi connectivity index (χ3n) is 3.10. The van der Waals surface area contributed by atoms with E-state index < -0.39 is 0 Å². The molecule has 1 fully saturated rings. The second-order valence-electron chi connectivity index (χ2n) is 4.64. The molecule has 1 aliphatic rings. The molecule has 1 saturated carbocycles. The first-order valence-corrected chi connectivity index (χ1v) is 5.73. The highest BCUT2D eigenvalue weighted by Crippen LogP contribution is 2.22. The summed E-state index contributed by atoms with van der Waals surface area (Å²) in [6, 6.07) is 5.88. The van der Waals surface area contributed by atoms with Crippen LogP contribution in [0, 0.1) is 12.7 Å². The summed E-state index contributed by atoms with van der Waals surface area (Å²) in [5.74, 6) is -0.161. The summed E-state index contributed by atoms with van der Waals surface area (Å²) in [6.07, 6.45) is 2.57. The van der Waals surface area contributed by atoms with Crippen molar-refractivity contribution < 1.29 is 4.39 Å². The zero-order valence-corrected chi connectivity index (χ0v) is 9.31. The van der Waals surface area contributed by atoms with Gasteiger partial charge in [-0.3, -0.25) is 0 Å². The maximum Gasteiger partial charge on any atom is 0.124 e. The van der Waals surface area contributed by atoms with Crippen LogP contribution >= 0.6 is 0 Å². The van der Waals surface area contributed by atoms with Gasteiger partial charge in [0.05, 0.1) is 0 Å². The first-order chi connectivity index (χ1) is 7.72. The highest BCUT2D eigenvalue weighted by Gasteiger charge is 2.20. The maximum atomic E-state index is 13.2. The minimum Gasteiger partial charge on any atom is -0.357 e. The predicted molar refractivity (Wildman–Crippen MR) is 62.9 cm³/mol. The number of aromatic nitrogens is 1. The van der Waals surface area contributed by atoms with E-state index in [1.54, 1.807) is 12.1 Å². The minimum absolute atomic E-state index is 0.161. The van der Waals surface area contributed by atoms with Gasteiger partial charge in [-0.2, -0.15) is 0 Å². The monoisotopic (exact) mass is 218 g/mol. The Morgan fingerprint density at radius 2 is 2.19 bits per heavy atom. The molecule has 1 aromatic heterocycles. The standard InChI is InChI=1S/C13H15FN2/c1-8-4-10(14)5-9-6-12(16-13(8)9)7-15-11-2-3-11/h4-6,11,15-16H,2-3,7H2,1H3. The normalized spacial score (nSPS) is 15.9. The van der Waals surface area contributed by atoms with Crippen molar-refractivity contribution >= 4 is 10.9 Å². The number of hydrogen-bond donors (Lipinski definition) is 2. The first kappa shape index (κ1) is 9.85. The van der Waals surface area contributed by atoms with Crippen LogP contribution in [0.1, 0.15) is 24.1 Å². The minimum atomic E-state index is -0.161. The lowest BCUT2D eigenvalue weighted by atomic mass is 10.1. The molecule has 0 spiro atoms. The van der Waals surface area contributed by atoms with Crippen molar-refractivity contribution in [1.29, 1.82) is 0 Å². The number of fused-ring (bicyclic) bond motifs is 1. The van der Waals surface area contributed by atoms with Crippen molar-refractivity contribution in [1.82, 2.24) is 10.3 Å². The molecular weight excluding hydrogens is 203 g/mol. The summed E-state index contributed by atoms with van der Waals surface area (Å²) in [5, 5.41) is 4.41. The van der Waals surface area contributed by atoms with Crippen molar-refractivity contribution in [2.75, 3.05) is 0 Å². The molecule has 3 rings (SSSR count). The number of aromatic amines is 1. The average Bonchev–Trinajstić information content (AvgIpc) is 2.96. The Morgan fingerprint density at radius 1 is 1.38 bits per heavy atom. The summed E-state index contributed by atoms with van der Waals surface area (Å²) >= 11 is 0. The lowest BCUT2D eigenvalue weighted by Gasteiger charge is -1.99. The molecule has 16 heavy (non-hydrogen) atoms. The Kier molecular flexibility index (Phi) is 2.21. The molecule has 0 aliphatic heterocycles. The van der Waals surface area contributed by atoms with Crippen LogP contribution in [0.2, 0.25) is 0 Å².